The van der Waals surface area contributed by atoms with Crippen molar-refractivity contribution in [2.24, 2.45) is 0 Å². The smallest absolute Gasteiger partial charge is 0.340 e. The SMILES string of the molecule is Cc1c(CC(=O)NCC(O)CO)c(=O)oc2cc3c(cc12)CCC1(CCCCC1)O3. The number of fused-ring (bicyclic) bond motifs is 2. The Morgan fingerprint density at radius 1 is 1.23 bits per heavy atom. The predicted molar refractivity (Wildman–Crippen MR) is 112 cm³/mol. The molecule has 3 N–H and O–H groups in total. The number of hydrogen-bond acceptors (Lipinski definition) is 6. The number of carbonyl (C=O) groups is 1. The number of carbonyl (C=O) groups excluding carboxylic acids is 1. The maximum atomic E-state index is 12.6. The average Bonchev–Trinajstić information content (AvgIpc) is 2.74. The van der Waals surface area contributed by atoms with Gasteiger partial charge in [-0.1, -0.05) is 6.42 Å². The van der Waals surface area contributed by atoms with Crippen LogP contribution in [0.1, 0.15) is 55.2 Å². The highest BCUT2D eigenvalue weighted by molar-refractivity contribution is 5.86. The number of aryl methyl sites for hydroxylation is 2. The van der Waals surface area contributed by atoms with Crippen molar-refractivity contribution >= 4 is 16.9 Å². The molecule has 30 heavy (non-hydrogen) atoms. The minimum atomic E-state index is -1.03. The second-order valence-electron chi connectivity index (χ2n) is 8.61. The first-order chi connectivity index (χ1) is 14.4. The van der Waals surface area contributed by atoms with Gasteiger partial charge in [0.2, 0.25) is 5.91 Å². The third-order valence-corrected chi connectivity index (χ3v) is 6.49. The molecule has 1 aliphatic heterocycles. The quantitative estimate of drug-likeness (QED) is 0.646. The molecule has 2 heterocycles. The zero-order chi connectivity index (χ0) is 21.3. The highest BCUT2D eigenvalue weighted by Gasteiger charge is 2.37. The summed E-state index contributed by atoms with van der Waals surface area (Å²) < 4.78 is 12.0. The van der Waals surface area contributed by atoms with Crippen molar-refractivity contribution in [3.05, 3.63) is 39.2 Å². The molecule has 1 unspecified atom stereocenters. The number of aliphatic hydroxyl groups is 2. The Morgan fingerprint density at radius 3 is 2.73 bits per heavy atom. The highest BCUT2D eigenvalue weighted by Crippen LogP contribution is 2.43. The fraction of sp³-hybridized carbons (Fsp3) is 0.565. The van der Waals surface area contributed by atoms with E-state index in [2.05, 4.69) is 5.32 Å². The summed E-state index contributed by atoms with van der Waals surface area (Å²) >= 11 is 0. The Labute approximate surface area is 175 Å². The lowest BCUT2D eigenvalue weighted by Crippen LogP contribution is -2.41. The zero-order valence-corrected chi connectivity index (χ0v) is 17.3. The van der Waals surface area contributed by atoms with Gasteiger partial charge in [-0.2, -0.15) is 0 Å². The summed E-state index contributed by atoms with van der Waals surface area (Å²) in [6.45, 7) is 1.31. The molecular formula is C23H29NO6. The topological polar surface area (TPSA) is 109 Å². The lowest BCUT2D eigenvalue weighted by molar-refractivity contribution is -0.121. The van der Waals surface area contributed by atoms with Crippen LogP contribution in [0.25, 0.3) is 11.0 Å². The van der Waals surface area contributed by atoms with E-state index < -0.39 is 24.2 Å². The first-order valence-corrected chi connectivity index (χ1v) is 10.7. The van der Waals surface area contributed by atoms with E-state index in [0.717, 1.165) is 47.9 Å². The molecule has 0 saturated heterocycles. The number of hydrogen-bond donors (Lipinski definition) is 3. The maximum absolute atomic E-state index is 12.6. The number of nitrogens with one attached hydrogen (secondary N) is 1. The number of ether oxygens (including phenoxy) is 1. The Kier molecular flexibility index (Phi) is 5.84. The first-order valence-electron chi connectivity index (χ1n) is 10.7. The molecule has 1 amide bonds. The molecule has 4 rings (SSSR count). The van der Waals surface area contributed by atoms with Gasteiger partial charge in [0.15, 0.2) is 0 Å². The number of aliphatic hydroxyl groups excluding tert-OH is 2. The summed E-state index contributed by atoms with van der Waals surface area (Å²) in [7, 11) is 0. The zero-order valence-electron chi connectivity index (χ0n) is 17.3. The third kappa shape index (κ3) is 4.09. The van der Waals surface area contributed by atoms with Crippen LogP contribution in [0.3, 0.4) is 0 Å². The molecule has 2 aliphatic rings. The van der Waals surface area contributed by atoms with Crippen molar-refractivity contribution in [2.45, 2.75) is 70.0 Å². The Hall–Kier alpha value is -2.38. The Balaban J connectivity index is 1.61. The van der Waals surface area contributed by atoms with Crippen LogP contribution in [-0.2, 0) is 17.6 Å². The van der Waals surface area contributed by atoms with Crippen LogP contribution in [0.5, 0.6) is 5.75 Å². The Morgan fingerprint density at radius 2 is 2.00 bits per heavy atom. The van der Waals surface area contributed by atoms with E-state index in [0.29, 0.717) is 11.1 Å². The molecule has 7 heteroatoms. The second kappa shape index (κ2) is 8.40. The molecule has 0 radical (unpaired) electrons. The molecule has 1 aliphatic carbocycles. The van der Waals surface area contributed by atoms with Gasteiger partial charge in [0.25, 0.3) is 0 Å². The first kappa shape index (κ1) is 20.9. The lowest BCUT2D eigenvalue weighted by Gasteiger charge is -2.41. The number of benzene rings is 1. The summed E-state index contributed by atoms with van der Waals surface area (Å²) in [5.41, 5.74) is 1.99. The summed E-state index contributed by atoms with van der Waals surface area (Å²) in [6.07, 6.45) is 6.57. The van der Waals surface area contributed by atoms with Crippen LogP contribution < -0.4 is 15.7 Å². The van der Waals surface area contributed by atoms with Gasteiger partial charge in [0.1, 0.15) is 16.9 Å². The molecule has 1 aromatic heterocycles. The normalized spacial score (nSPS) is 18.6. The van der Waals surface area contributed by atoms with Gasteiger partial charge in [0.05, 0.1) is 24.7 Å². The molecule has 1 atom stereocenters. The van der Waals surface area contributed by atoms with Crippen molar-refractivity contribution < 1.29 is 24.2 Å². The number of amides is 1. The van der Waals surface area contributed by atoms with Crippen molar-refractivity contribution in [2.75, 3.05) is 13.2 Å². The van der Waals surface area contributed by atoms with E-state index in [9.17, 15) is 14.7 Å². The van der Waals surface area contributed by atoms with Crippen molar-refractivity contribution in [1.29, 1.82) is 0 Å². The maximum Gasteiger partial charge on any atom is 0.340 e. The minimum Gasteiger partial charge on any atom is -0.487 e. The van der Waals surface area contributed by atoms with Crippen molar-refractivity contribution in [3.8, 4) is 5.75 Å². The van der Waals surface area contributed by atoms with E-state index in [1.165, 1.54) is 19.3 Å². The van der Waals surface area contributed by atoms with Crippen molar-refractivity contribution in [1.82, 2.24) is 5.32 Å². The van der Waals surface area contributed by atoms with Crippen LogP contribution in [0.4, 0.5) is 0 Å². The average molecular weight is 415 g/mol. The Bertz CT molecular complexity index is 1000. The van der Waals surface area contributed by atoms with Gasteiger partial charge >= 0.3 is 5.63 Å². The monoisotopic (exact) mass is 415 g/mol. The van der Waals surface area contributed by atoms with Crippen LogP contribution in [0.15, 0.2) is 21.3 Å². The summed E-state index contributed by atoms with van der Waals surface area (Å²) in [5.74, 6) is 0.402. The largest absolute Gasteiger partial charge is 0.487 e. The number of rotatable bonds is 5. The van der Waals surface area contributed by atoms with Gasteiger partial charge in [-0.3, -0.25) is 4.79 Å². The van der Waals surface area contributed by atoms with Crippen LogP contribution in [0.2, 0.25) is 0 Å². The van der Waals surface area contributed by atoms with Crippen molar-refractivity contribution in [3.63, 3.8) is 0 Å². The molecule has 0 bridgehead atoms. The van der Waals surface area contributed by atoms with Gasteiger partial charge in [0, 0.05) is 18.0 Å². The fourth-order valence-electron chi connectivity index (χ4n) is 4.67. The molecule has 1 aromatic carbocycles. The molecule has 1 fully saturated rings. The minimum absolute atomic E-state index is 0.0696. The molecule has 1 saturated carbocycles. The summed E-state index contributed by atoms with van der Waals surface area (Å²) in [5, 5.41) is 21.5. The standard InChI is InChI=1S/C23H29NO6/c1-14-17-9-15-5-8-23(6-3-2-4-7-23)30-19(15)11-20(17)29-22(28)18(14)10-21(27)24-12-16(26)13-25/h9,11,16,25-26H,2-8,10,12-13H2,1H3,(H,24,27). The molecule has 162 valence electrons. The van der Waals surface area contributed by atoms with E-state index in [4.69, 9.17) is 14.3 Å². The van der Waals surface area contributed by atoms with Gasteiger partial charge < -0.3 is 24.7 Å². The van der Waals surface area contributed by atoms with Crippen LogP contribution in [-0.4, -0.2) is 41.0 Å². The fourth-order valence-corrected chi connectivity index (χ4v) is 4.67. The third-order valence-electron chi connectivity index (χ3n) is 6.49. The molecule has 1 spiro atoms. The van der Waals surface area contributed by atoms with Crippen LogP contribution in [0, 0.1) is 6.92 Å². The van der Waals surface area contributed by atoms with E-state index >= 15 is 0 Å². The van der Waals surface area contributed by atoms with E-state index in [1.807, 2.05) is 19.1 Å². The highest BCUT2D eigenvalue weighted by atomic mass is 16.5. The molecule has 7 nitrogen and oxygen atoms in total. The molecular weight excluding hydrogens is 386 g/mol. The van der Waals surface area contributed by atoms with E-state index in [1.54, 1.807) is 0 Å². The van der Waals surface area contributed by atoms with Gasteiger partial charge in [-0.15, -0.1) is 0 Å². The second-order valence-corrected chi connectivity index (χ2v) is 8.61. The van der Waals surface area contributed by atoms with E-state index in [-0.39, 0.29) is 18.6 Å². The predicted octanol–water partition coefficient (Wildman–Crippen LogP) is 2.14. The summed E-state index contributed by atoms with van der Waals surface area (Å²) in [6, 6.07) is 3.85. The summed E-state index contributed by atoms with van der Waals surface area (Å²) in [4.78, 5) is 24.7. The van der Waals surface area contributed by atoms with Gasteiger partial charge in [-0.05, 0) is 62.6 Å². The van der Waals surface area contributed by atoms with Gasteiger partial charge in [-0.25, -0.2) is 4.79 Å². The van der Waals surface area contributed by atoms with Crippen LogP contribution >= 0.6 is 0 Å². The molecule has 2 aromatic rings. The lowest BCUT2D eigenvalue weighted by atomic mass is 9.79.